The second-order valence-electron chi connectivity index (χ2n) is 7.55. The lowest BCUT2D eigenvalue weighted by Gasteiger charge is -2.06. The zero-order valence-corrected chi connectivity index (χ0v) is 16.8. The van der Waals surface area contributed by atoms with E-state index in [0.29, 0.717) is 13.0 Å². The van der Waals surface area contributed by atoms with Gasteiger partial charge < -0.3 is 9.88 Å². The molecule has 0 atom stereocenters. The molecule has 146 valence electrons. The number of fused-ring (bicyclic) bond motifs is 1. The van der Waals surface area contributed by atoms with Crippen LogP contribution in [0.5, 0.6) is 0 Å². The number of carbonyl (C=O) groups excluding carboxylic acids is 1. The molecule has 0 aliphatic rings. The highest BCUT2D eigenvalue weighted by Crippen LogP contribution is 2.23. The number of benzene rings is 3. The van der Waals surface area contributed by atoms with E-state index in [2.05, 4.69) is 95.8 Å². The van der Waals surface area contributed by atoms with Crippen LogP contribution in [0.1, 0.15) is 28.7 Å². The van der Waals surface area contributed by atoms with Crippen molar-refractivity contribution in [1.82, 2.24) is 9.88 Å². The molecule has 0 unspecified atom stereocenters. The molecule has 0 saturated carbocycles. The van der Waals surface area contributed by atoms with E-state index < -0.39 is 0 Å². The van der Waals surface area contributed by atoms with Crippen LogP contribution >= 0.6 is 0 Å². The van der Waals surface area contributed by atoms with Crippen LogP contribution in [-0.4, -0.2) is 10.5 Å². The monoisotopic (exact) mass is 382 g/mol. The van der Waals surface area contributed by atoms with Crippen LogP contribution in [0.15, 0.2) is 85.1 Å². The van der Waals surface area contributed by atoms with Gasteiger partial charge in [-0.1, -0.05) is 78.4 Å². The van der Waals surface area contributed by atoms with E-state index in [0.717, 1.165) is 18.5 Å². The van der Waals surface area contributed by atoms with Gasteiger partial charge in [-0.3, -0.25) is 4.79 Å². The lowest BCUT2D eigenvalue weighted by atomic mass is 10.1. The minimum Gasteiger partial charge on any atom is -0.352 e. The zero-order valence-electron chi connectivity index (χ0n) is 16.8. The van der Waals surface area contributed by atoms with Gasteiger partial charge >= 0.3 is 0 Å². The molecule has 3 aromatic carbocycles. The number of rotatable bonds is 7. The van der Waals surface area contributed by atoms with E-state index in [1.807, 2.05) is 6.07 Å². The molecule has 3 heteroatoms. The molecule has 1 aromatic heterocycles. The summed E-state index contributed by atoms with van der Waals surface area (Å²) >= 11 is 0. The van der Waals surface area contributed by atoms with Crippen molar-refractivity contribution in [1.29, 1.82) is 0 Å². The fraction of sp³-hybridized carbons (Fsp3) is 0.192. The molecule has 0 aliphatic carbocycles. The van der Waals surface area contributed by atoms with E-state index in [4.69, 9.17) is 0 Å². The normalized spacial score (nSPS) is 10.9. The summed E-state index contributed by atoms with van der Waals surface area (Å²) in [6.45, 7) is 3.48. The molecule has 3 nitrogen and oxygen atoms in total. The predicted molar refractivity (Wildman–Crippen MR) is 119 cm³/mol. The second-order valence-corrected chi connectivity index (χ2v) is 7.55. The fourth-order valence-corrected chi connectivity index (χ4v) is 3.68. The van der Waals surface area contributed by atoms with Crippen LogP contribution in [0.4, 0.5) is 0 Å². The Bertz CT molecular complexity index is 1090. The van der Waals surface area contributed by atoms with Gasteiger partial charge in [0, 0.05) is 36.6 Å². The molecule has 0 fully saturated rings. The SMILES string of the molecule is Cc1ccc(CNC(=O)CCc2cn(Cc3ccccc3)c3ccccc23)cc1. The Balaban J connectivity index is 1.42. The van der Waals surface area contributed by atoms with Crippen LogP contribution in [0, 0.1) is 6.92 Å². The molecule has 1 N–H and O–H groups in total. The molecule has 1 heterocycles. The highest BCUT2D eigenvalue weighted by atomic mass is 16.1. The molecule has 4 rings (SSSR count). The zero-order chi connectivity index (χ0) is 20.1. The Morgan fingerprint density at radius 2 is 1.59 bits per heavy atom. The third-order valence-corrected chi connectivity index (χ3v) is 5.30. The second kappa shape index (κ2) is 8.78. The van der Waals surface area contributed by atoms with Crippen molar-refractivity contribution in [3.05, 3.63) is 107 Å². The Labute approximate surface area is 172 Å². The quantitative estimate of drug-likeness (QED) is 0.465. The summed E-state index contributed by atoms with van der Waals surface area (Å²) < 4.78 is 2.28. The first-order valence-electron chi connectivity index (χ1n) is 10.1. The van der Waals surface area contributed by atoms with Gasteiger partial charge in [0.15, 0.2) is 0 Å². The van der Waals surface area contributed by atoms with E-state index >= 15 is 0 Å². The van der Waals surface area contributed by atoms with Gasteiger partial charge in [-0.25, -0.2) is 0 Å². The lowest BCUT2D eigenvalue weighted by Crippen LogP contribution is -2.22. The molecule has 0 spiro atoms. The number of nitrogens with one attached hydrogen (secondary N) is 1. The van der Waals surface area contributed by atoms with E-state index in [9.17, 15) is 4.79 Å². The molecule has 1 amide bonds. The Morgan fingerprint density at radius 3 is 2.38 bits per heavy atom. The fourth-order valence-electron chi connectivity index (χ4n) is 3.68. The van der Waals surface area contributed by atoms with Gasteiger partial charge in [0.2, 0.25) is 5.91 Å². The summed E-state index contributed by atoms with van der Waals surface area (Å²) in [5, 5.41) is 4.27. The standard InChI is InChI=1S/C26H26N2O/c1-20-11-13-21(14-12-20)17-27-26(29)16-15-23-19-28(18-22-7-3-2-4-8-22)25-10-6-5-9-24(23)25/h2-14,19H,15-18H2,1H3,(H,27,29). The first-order chi connectivity index (χ1) is 14.2. The maximum absolute atomic E-state index is 12.4. The summed E-state index contributed by atoms with van der Waals surface area (Å²) in [5.74, 6) is 0.0884. The number of hydrogen-bond acceptors (Lipinski definition) is 1. The lowest BCUT2D eigenvalue weighted by molar-refractivity contribution is -0.121. The van der Waals surface area contributed by atoms with Crippen molar-refractivity contribution in [2.45, 2.75) is 32.9 Å². The first-order valence-corrected chi connectivity index (χ1v) is 10.1. The Hall–Kier alpha value is -3.33. The van der Waals surface area contributed by atoms with Gasteiger partial charge in [-0.15, -0.1) is 0 Å². The number of aryl methyl sites for hydroxylation is 2. The predicted octanol–water partition coefficient (Wildman–Crippen LogP) is 5.25. The molecule has 0 bridgehead atoms. The van der Waals surface area contributed by atoms with Crippen LogP contribution in [0.2, 0.25) is 0 Å². The number of amides is 1. The van der Waals surface area contributed by atoms with Crippen LogP contribution in [0.3, 0.4) is 0 Å². The summed E-state index contributed by atoms with van der Waals surface area (Å²) in [7, 11) is 0. The van der Waals surface area contributed by atoms with Gasteiger partial charge in [0.05, 0.1) is 0 Å². The third kappa shape index (κ3) is 4.75. The molecular weight excluding hydrogens is 356 g/mol. The minimum atomic E-state index is 0.0884. The van der Waals surface area contributed by atoms with Crippen molar-refractivity contribution in [2.24, 2.45) is 0 Å². The summed E-state index contributed by atoms with van der Waals surface area (Å²) in [6, 6.07) is 27.2. The van der Waals surface area contributed by atoms with Crippen LogP contribution in [-0.2, 0) is 24.3 Å². The van der Waals surface area contributed by atoms with Crippen LogP contribution in [0.25, 0.3) is 10.9 Å². The number of aromatic nitrogens is 1. The largest absolute Gasteiger partial charge is 0.352 e. The first kappa shape index (κ1) is 19.0. The molecule has 0 radical (unpaired) electrons. The number of para-hydroxylation sites is 1. The van der Waals surface area contributed by atoms with Crippen LogP contribution < -0.4 is 5.32 Å². The van der Waals surface area contributed by atoms with E-state index in [1.165, 1.54) is 27.6 Å². The molecule has 0 aliphatic heterocycles. The average molecular weight is 383 g/mol. The smallest absolute Gasteiger partial charge is 0.220 e. The van der Waals surface area contributed by atoms with Gasteiger partial charge in [0.1, 0.15) is 0 Å². The summed E-state index contributed by atoms with van der Waals surface area (Å²) in [5.41, 5.74) is 6.07. The van der Waals surface area contributed by atoms with Gasteiger partial charge in [0.25, 0.3) is 0 Å². The molecular formula is C26H26N2O. The summed E-state index contributed by atoms with van der Waals surface area (Å²) in [6.07, 6.45) is 3.43. The van der Waals surface area contributed by atoms with Crippen molar-refractivity contribution in [3.63, 3.8) is 0 Å². The number of carbonyl (C=O) groups is 1. The molecule has 29 heavy (non-hydrogen) atoms. The number of nitrogens with zero attached hydrogens (tertiary/aromatic N) is 1. The van der Waals surface area contributed by atoms with Crippen molar-refractivity contribution in [2.75, 3.05) is 0 Å². The average Bonchev–Trinajstić information content (AvgIpc) is 3.10. The summed E-state index contributed by atoms with van der Waals surface area (Å²) in [4.78, 5) is 12.4. The third-order valence-electron chi connectivity index (χ3n) is 5.30. The maximum atomic E-state index is 12.4. The highest BCUT2D eigenvalue weighted by molar-refractivity contribution is 5.85. The van der Waals surface area contributed by atoms with Crippen molar-refractivity contribution in [3.8, 4) is 0 Å². The Morgan fingerprint density at radius 1 is 0.862 bits per heavy atom. The van der Waals surface area contributed by atoms with Gasteiger partial charge in [-0.05, 0) is 36.1 Å². The Kier molecular flexibility index (Phi) is 5.76. The maximum Gasteiger partial charge on any atom is 0.220 e. The molecule has 0 saturated heterocycles. The van der Waals surface area contributed by atoms with E-state index in [1.54, 1.807) is 0 Å². The highest BCUT2D eigenvalue weighted by Gasteiger charge is 2.10. The van der Waals surface area contributed by atoms with Crippen molar-refractivity contribution >= 4 is 16.8 Å². The van der Waals surface area contributed by atoms with E-state index in [-0.39, 0.29) is 5.91 Å². The molecule has 4 aromatic rings. The topological polar surface area (TPSA) is 34.0 Å². The number of hydrogen-bond donors (Lipinski definition) is 1. The van der Waals surface area contributed by atoms with Gasteiger partial charge in [-0.2, -0.15) is 0 Å². The minimum absolute atomic E-state index is 0.0884. The van der Waals surface area contributed by atoms with Crippen molar-refractivity contribution < 1.29 is 4.79 Å².